The number of furan rings is 1. The molecule has 0 aliphatic carbocycles. The average molecular weight is 272 g/mol. The summed E-state index contributed by atoms with van der Waals surface area (Å²) in [4.78, 5) is 13.8. The minimum atomic E-state index is -0.466. The molecule has 2 N–H and O–H groups in total. The van der Waals surface area contributed by atoms with Gasteiger partial charge in [0.2, 0.25) is 5.91 Å². The molecule has 0 spiro atoms. The number of likely N-dealkylation sites (N-methyl/N-ethyl adjacent to an activating group) is 1. The van der Waals surface area contributed by atoms with Crippen LogP contribution in [0, 0.1) is 0 Å². The predicted molar refractivity (Wildman–Crippen MR) is 77.9 cm³/mol. The summed E-state index contributed by atoms with van der Waals surface area (Å²) in [5, 5.41) is 0. The first kappa shape index (κ1) is 14.3. The van der Waals surface area contributed by atoms with Crippen LogP contribution in [0.3, 0.4) is 0 Å². The molecular weight excluding hydrogens is 252 g/mol. The van der Waals surface area contributed by atoms with Crippen molar-refractivity contribution in [2.45, 2.75) is 25.4 Å². The Morgan fingerprint density at radius 2 is 2.00 bits per heavy atom. The maximum atomic E-state index is 12.2. The molecule has 0 aliphatic rings. The summed E-state index contributed by atoms with van der Waals surface area (Å²) >= 11 is 0. The van der Waals surface area contributed by atoms with E-state index in [1.54, 1.807) is 24.5 Å². The highest BCUT2D eigenvalue weighted by Gasteiger charge is 2.18. The lowest BCUT2D eigenvalue weighted by Crippen LogP contribution is -2.41. The van der Waals surface area contributed by atoms with Gasteiger partial charge in [-0.15, -0.1) is 0 Å². The SMILES string of the molecule is CN(Cc1ccoc1)C(=O)[C@@H](N)CCc1ccccc1. The Morgan fingerprint density at radius 3 is 2.65 bits per heavy atom. The second kappa shape index (κ2) is 6.91. The molecule has 20 heavy (non-hydrogen) atoms. The number of carbonyl (C=O) groups is 1. The topological polar surface area (TPSA) is 59.5 Å². The average Bonchev–Trinajstić information content (AvgIpc) is 2.98. The second-order valence-electron chi connectivity index (χ2n) is 4.96. The van der Waals surface area contributed by atoms with Crippen LogP contribution in [0.1, 0.15) is 17.5 Å². The summed E-state index contributed by atoms with van der Waals surface area (Å²) < 4.78 is 4.99. The van der Waals surface area contributed by atoms with E-state index in [4.69, 9.17) is 10.2 Å². The number of benzene rings is 1. The molecule has 2 aromatic rings. The largest absolute Gasteiger partial charge is 0.472 e. The van der Waals surface area contributed by atoms with E-state index >= 15 is 0 Å². The number of amides is 1. The maximum absolute atomic E-state index is 12.2. The van der Waals surface area contributed by atoms with Crippen molar-refractivity contribution in [3.8, 4) is 0 Å². The number of rotatable bonds is 6. The Labute approximate surface area is 119 Å². The van der Waals surface area contributed by atoms with Crippen molar-refractivity contribution < 1.29 is 9.21 Å². The van der Waals surface area contributed by atoms with E-state index < -0.39 is 6.04 Å². The molecule has 0 saturated heterocycles. The molecule has 2 rings (SSSR count). The molecule has 0 radical (unpaired) electrons. The molecule has 0 unspecified atom stereocenters. The van der Waals surface area contributed by atoms with Gasteiger partial charge in [0.25, 0.3) is 0 Å². The first-order valence-electron chi connectivity index (χ1n) is 6.72. The van der Waals surface area contributed by atoms with E-state index in [2.05, 4.69) is 0 Å². The fourth-order valence-corrected chi connectivity index (χ4v) is 2.11. The van der Waals surface area contributed by atoms with Crippen LogP contribution < -0.4 is 5.73 Å². The van der Waals surface area contributed by atoms with Crippen LogP contribution in [0.4, 0.5) is 0 Å². The smallest absolute Gasteiger partial charge is 0.239 e. The van der Waals surface area contributed by atoms with Gasteiger partial charge in [-0.3, -0.25) is 4.79 Å². The molecule has 1 heterocycles. The van der Waals surface area contributed by atoms with Crippen LogP contribution in [0.5, 0.6) is 0 Å². The van der Waals surface area contributed by atoms with Gasteiger partial charge >= 0.3 is 0 Å². The number of hydrogen-bond acceptors (Lipinski definition) is 3. The van der Waals surface area contributed by atoms with E-state index in [-0.39, 0.29) is 5.91 Å². The van der Waals surface area contributed by atoms with Crippen molar-refractivity contribution >= 4 is 5.91 Å². The Hall–Kier alpha value is -2.07. The number of hydrogen-bond donors (Lipinski definition) is 1. The van der Waals surface area contributed by atoms with Gasteiger partial charge in [-0.25, -0.2) is 0 Å². The van der Waals surface area contributed by atoms with Crippen molar-refractivity contribution in [1.82, 2.24) is 4.90 Å². The van der Waals surface area contributed by atoms with Crippen molar-refractivity contribution in [3.63, 3.8) is 0 Å². The predicted octanol–water partition coefficient (Wildman–Crippen LogP) is 2.20. The van der Waals surface area contributed by atoms with Gasteiger partial charge in [0, 0.05) is 19.2 Å². The number of nitrogens with two attached hydrogens (primary N) is 1. The first-order chi connectivity index (χ1) is 9.66. The highest BCUT2D eigenvalue weighted by Crippen LogP contribution is 2.08. The number of nitrogens with zero attached hydrogens (tertiary/aromatic N) is 1. The third kappa shape index (κ3) is 3.96. The monoisotopic (exact) mass is 272 g/mol. The summed E-state index contributed by atoms with van der Waals surface area (Å²) in [6.45, 7) is 0.522. The maximum Gasteiger partial charge on any atom is 0.239 e. The van der Waals surface area contributed by atoms with E-state index in [1.165, 1.54) is 5.56 Å². The lowest BCUT2D eigenvalue weighted by molar-refractivity contribution is -0.131. The van der Waals surface area contributed by atoms with Crippen LogP contribution in [-0.2, 0) is 17.8 Å². The molecule has 1 aromatic carbocycles. The molecule has 1 atom stereocenters. The molecule has 106 valence electrons. The Bertz CT molecular complexity index is 523. The molecule has 0 fully saturated rings. The fraction of sp³-hybridized carbons (Fsp3) is 0.312. The number of carbonyl (C=O) groups excluding carboxylic acids is 1. The molecule has 0 saturated carbocycles. The van der Waals surface area contributed by atoms with Gasteiger partial charge in [0.15, 0.2) is 0 Å². The zero-order valence-electron chi connectivity index (χ0n) is 11.7. The standard InChI is InChI=1S/C16H20N2O2/c1-18(11-14-9-10-20-12-14)16(19)15(17)8-7-13-5-3-2-4-6-13/h2-6,9-10,12,15H,7-8,11,17H2,1H3/t15-/m0/s1. The van der Waals surface area contributed by atoms with Gasteiger partial charge in [-0.1, -0.05) is 30.3 Å². The third-order valence-electron chi connectivity index (χ3n) is 3.28. The van der Waals surface area contributed by atoms with Crippen LogP contribution in [0.15, 0.2) is 53.3 Å². The molecular formula is C16H20N2O2. The quantitative estimate of drug-likeness (QED) is 0.877. The van der Waals surface area contributed by atoms with Gasteiger partial charge in [0.05, 0.1) is 18.6 Å². The van der Waals surface area contributed by atoms with Gasteiger partial charge in [0.1, 0.15) is 0 Å². The zero-order chi connectivity index (χ0) is 14.4. The minimum absolute atomic E-state index is 0.0397. The minimum Gasteiger partial charge on any atom is -0.472 e. The highest BCUT2D eigenvalue weighted by atomic mass is 16.3. The summed E-state index contributed by atoms with van der Waals surface area (Å²) in [7, 11) is 1.76. The summed E-state index contributed by atoms with van der Waals surface area (Å²) in [5.41, 5.74) is 8.15. The summed E-state index contributed by atoms with van der Waals surface area (Å²) in [5.74, 6) is -0.0397. The van der Waals surface area contributed by atoms with Crippen LogP contribution >= 0.6 is 0 Å². The van der Waals surface area contributed by atoms with Crippen molar-refractivity contribution in [3.05, 3.63) is 60.1 Å². The molecule has 1 amide bonds. The van der Waals surface area contributed by atoms with Crippen LogP contribution in [0.25, 0.3) is 0 Å². The van der Waals surface area contributed by atoms with Crippen LogP contribution in [-0.4, -0.2) is 23.9 Å². The van der Waals surface area contributed by atoms with Crippen molar-refractivity contribution in [2.75, 3.05) is 7.05 Å². The zero-order valence-corrected chi connectivity index (χ0v) is 11.7. The van der Waals surface area contributed by atoms with Crippen LogP contribution in [0.2, 0.25) is 0 Å². The molecule has 1 aromatic heterocycles. The fourth-order valence-electron chi connectivity index (χ4n) is 2.11. The molecule has 0 bridgehead atoms. The summed E-state index contributed by atoms with van der Waals surface area (Å²) in [6, 6.07) is 11.4. The lowest BCUT2D eigenvalue weighted by atomic mass is 10.0. The number of aryl methyl sites for hydroxylation is 1. The normalized spacial score (nSPS) is 12.1. The highest BCUT2D eigenvalue weighted by molar-refractivity contribution is 5.81. The van der Waals surface area contributed by atoms with Crippen molar-refractivity contribution in [2.24, 2.45) is 5.73 Å². The van der Waals surface area contributed by atoms with E-state index in [9.17, 15) is 4.79 Å². The molecule has 0 aliphatic heterocycles. The van der Waals surface area contributed by atoms with Crippen molar-refractivity contribution in [1.29, 1.82) is 0 Å². The molecule has 4 heteroatoms. The van der Waals surface area contributed by atoms with E-state index in [0.717, 1.165) is 12.0 Å². The molecule has 4 nitrogen and oxygen atoms in total. The van der Waals surface area contributed by atoms with E-state index in [1.807, 2.05) is 36.4 Å². The third-order valence-corrected chi connectivity index (χ3v) is 3.28. The Balaban J connectivity index is 1.82. The van der Waals surface area contributed by atoms with Gasteiger partial charge < -0.3 is 15.1 Å². The van der Waals surface area contributed by atoms with Gasteiger partial charge in [-0.05, 0) is 24.5 Å². The Kier molecular flexibility index (Phi) is 4.96. The van der Waals surface area contributed by atoms with Gasteiger partial charge in [-0.2, -0.15) is 0 Å². The summed E-state index contributed by atoms with van der Waals surface area (Å²) in [6.07, 6.45) is 4.70. The second-order valence-corrected chi connectivity index (χ2v) is 4.96. The Morgan fingerprint density at radius 1 is 1.25 bits per heavy atom. The van der Waals surface area contributed by atoms with E-state index in [0.29, 0.717) is 13.0 Å². The first-order valence-corrected chi connectivity index (χ1v) is 6.72. The lowest BCUT2D eigenvalue weighted by Gasteiger charge is -2.20.